The summed E-state index contributed by atoms with van der Waals surface area (Å²) in [6, 6.07) is 12.5. The van der Waals surface area contributed by atoms with Crippen molar-refractivity contribution in [2.24, 2.45) is 5.41 Å². The molecule has 2 unspecified atom stereocenters. The molecule has 0 radical (unpaired) electrons. The number of ether oxygens (including phenoxy) is 4. The number of nitriles is 1. The van der Waals surface area contributed by atoms with Gasteiger partial charge in [0.1, 0.15) is 35.5 Å². The molecular weight excluding hydrogens is 981 g/mol. The minimum absolute atomic E-state index is 0.0197. The van der Waals surface area contributed by atoms with E-state index in [1.165, 1.54) is 44.1 Å². The van der Waals surface area contributed by atoms with E-state index >= 15 is 4.39 Å². The van der Waals surface area contributed by atoms with Gasteiger partial charge in [-0.3, -0.25) is 29.0 Å². The summed E-state index contributed by atoms with van der Waals surface area (Å²) < 4.78 is 79.5. The topological polar surface area (TPSA) is 189 Å². The van der Waals surface area contributed by atoms with Crippen LogP contribution in [-0.4, -0.2) is 108 Å². The zero-order chi connectivity index (χ0) is 52.5. The van der Waals surface area contributed by atoms with Crippen LogP contribution in [0.3, 0.4) is 0 Å². The number of anilines is 2. The Hall–Kier alpha value is -6.28. The number of alkyl halides is 3. The van der Waals surface area contributed by atoms with Crippen molar-refractivity contribution in [3.8, 4) is 28.3 Å². The quantitative estimate of drug-likeness (QED) is 0.0466. The molecule has 2 atom stereocenters. The zero-order valence-electron chi connectivity index (χ0n) is 41.1. The van der Waals surface area contributed by atoms with Gasteiger partial charge in [0.05, 0.1) is 47.1 Å². The molecule has 4 amide bonds. The van der Waals surface area contributed by atoms with Crippen molar-refractivity contribution in [2.75, 3.05) is 56.5 Å². The van der Waals surface area contributed by atoms with Crippen LogP contribution in [0.2, 0.25) is 0 Å². The maximum Gasteiger partial charge on any atom is 0.420 e. The van der Waals surface area contributed by atoms with E-state index in [1.807, 2.05) is 57.5 Å². The van der Waals surface area contributed by atoms with E-state index in [4.69, 9.17) is 31.2 Å². The number of thiocarbonyl (C=S) groups is 1. The molecule has 22 heteroatoms. The highest BCUT2D eigenvalue weighted by atomic mass is 32.1. The molecule has 4 aromatic rings. The first kappa shape index (κ1) is 55.0. The monoisotopic (exact) mass is 1040 g/mol. The molecule has 16 nitrogen and oxygen atoms in total. The lowest BCUT2D eigenvalue weighted by Crippen LogP contribution is -2.58. The molecule has 6 rings (SSSR count). The fraction of sp³-hybridized carbons (Fsp3) is 0.480. The number of nitrogens with one attached hydrogen (secondary N) is 2. The van der Waals surface area contributed by atoms with Crippen LogP contribution >= 0.6 is 23.6 Å². The van der Waals surface area contributed by atoms with E-state index in [-0.39, 0.29) is 54.2 Å². The second-order valence-electron chi connectivity index (χ2n) is 18.7. The Balaban J connectivity index is 0.889. The number of methoxy groups -OCH3 is 1. The SMILES string of the molecule is COc1nc(OCCCCOCCCOCC(=O)NC(C(=O)N2CCCC2C(=O)NCc2ccc(-c3scnc3C)cc2)C(C)(C)C)ccc1N1C(=S)N(c2ccc(C#N)c(C(F)(F)F)c2F)C(=O)C1(C)C. The summed E-state index contributed by atoms with van der Waals surface area (Å²) in [5, 5.41) is 14.7. The van der Waals surface area contributed by atoms with Gasteiger partial charge in [0.2, 0.25) is 29.5 Å². The summed E-state index contributed by atoms with van der Waals surface area (Å²) >= 11 is 7.12. The summed E-state index contributed by atoms with van der Waals surface area (Å²) in [5.41, 5.74) is -0.725. The number of carbonyl (C=O) groups excluding carboxylic acids is 4. The van der Waals surface area contributed by atoms with Crippen molar-refractivity contribution >= 4 is 63.7 Å². The predicted octanol–water partition coefficient (Wildman–Crippen LogP) is 7.89. The molecule has 0 bridgehead atoms. The highest BCUT2D eigenvalue weighted by Crippen LogP contribution is 2.44. The van der Waals surface area contributed by atoms with Crippen LogP contribution in [0.4, 0.5) is 28.9 Å². The lowest BCUT2D eigenvalue weighted by atomic mass is 9.85. The first-order chi connectivity index (χ1) is 34.1. The fourth-order valence-corrected chi connectivity index (χ4v) is 9.65. The largest absolute Gasteiger partial charge is 0.479 e. The number of carbonyl (C=O) groups is 4. The minimum Gasteiger partial charge on any atom is -0.479 e. The maximum absolute atomic E-state index is 15.5. The zero-order valence-corrected chi connectivity index (χ0v) is 42.7. The molecular formula is C50H58F4N8O8S2. The van der Waals surface area contributed by atoms with Crippen molar-refractivity contribution in [2.45, 2.75) is 104 Å². The van der Waals surface area contributed by atoms with Crippen LogP contribution in [0.25, 0.3) is 10.4 Å². The lowest BCUT2D eigenvalue weighted by molar-refractivity contribution is -0.144. The number of thiazole rings is 1. The van der Waals surface area contributed by atoms with E-state index in [1.54, 1.807) is 16.2 Å². The molecule has 2 aliphatic rings. The van der Waals surface area contributed by atoms with Crippen molar-refractivity contribution in [1.82, 2.24) is 25.5 Å². The molecule has 0 aliphatic carbocycles. The van der Waals surface area contributed by atoms with E-state index in [2.05, 4.69) is 20.6 Å². The van der Waals surface area contributed by atoms with Crippen LogP contribution in [0.1, 0.15) is 89.1 Å². The van der Waals surface area contributed by atoms with Crippen molar-refractivity contribution in [3.63, 3.8) is 0 Å². The third-order valence-electron chi connectivity index (χ3n) is 12.1. The van der Waals surface area contributed by atoms with Crippen molar-refractivity contribution in [3.05, 3.63) is 82.2 Å². The van der Waals surface area contributed by atoms with Crippen LogP contribution in [-0.2, 0) is 41.4 Å². The molecule has 4 heterocycles. The number of pyridine rings is 1. The summed E-state index contributed by atoms with van der Waals surface area (Å²) in [4.78, 5) is 67.3. The van der Waals surface area contributed by atoms with Crippen molar-refractivity contribution < 1.29 is 55.7 Å². The normalized spacial score (nSPS) is 16.2. The van der Waals surface area contributed by atoms with E-state index in [0.29, 0.717) is 63.3 Å². The van der Waals surface area contributed by atoms with E-state index in [9.17, 15) is 37.6 Å². The molecule has 386 valence electrons. The second-order valence-corrected chi connectivity index (χ2v) is 20.0. The highest BCUT2D eigenvalue weighted by molar-refractivity contribution is 7.81. The van der Waals surface area contributed by atoms with Gasteiger partial charge in [-0.05, 0) is 99.8 Å². The average Bonchev–Trinajstić information content (AvgIpc) is 4.05. The number of hydrogen-bond acceptors (Lipinski definition) is 13. The van der Waals surface area contributed by atoms with Gasteiger partial charge in [-0.25, -0.2) is 9.37 Å². The Bertz CT molecular complexity index is 2670. The van der Waals surface area contributed by atoms with E-state index < -0.39 is 63.7 Å². The molecule has 2 aromatic carbocycles. The molecule has 0 saturated carbocycles. The van der Waals surface area contributed by atoms with Gasteiger partial charge in [-0.15, -0.1) is 11.3 Å². The number of unbranched alkanes of at least 4 members (excludes halogenated alkanes) is 1. The summed E-state index contributed by atoms with van der Waals surface area (Å²) in [6.07, 6.45) is -2.29. The van der Waals surface area contributed by atoms with Gasteiger partial charge in [0, 0.05) is 39.0 Å². The van der Waals surface area contributed by atoms with Gasteiger partial charge in [0.25, 0.3) is 5.91 Å². The molecule has 2 N–H and O–H groups in total. The third-order valence-corrected chi connectivity index (χ3v) is 13.5. The second kappa shape index (κ2) is 23.5. The highest BCUT2D eigenvalue weighted by Gasteiger charge is 2.53. The Labute approximate surface area is 425 Å². The first-order valence-corrected chi connectivity index (χ1v) is 24.6. The number of rotatable bonds is 21. The standard InChI is InChI=1S/C50H58F4N8O8S2/c1-30-41(72-29-57-30)32-15-13-31(14-16-32)27-56-43(64)35-12-10-21-60(35)45(65)42(48(2,3)4)58-37(63)28-69-24-11-23-68-22-8-9-25-70-38-20-19-36(44(59-38)67-7)62-47(71)61(46(66)49(62,5)6)34-18-17-33(26-55)39(40(34)51)50(52,53)54/h13-20,29,35,42H,8-12,21-25,27-28H2,1-7H3,(H,56,64)(H,58,63). The number of aryl methyl sites for hydroxylation is 1. The Morgan fingerprint density at radius 1 is 0.986 bits per heavy atom. The van der Waals surface area contributed by atoms with Crippen LogP contribution in [0.15, 0.2) is 54.0 Å². The van der Waals surface area contributed by atoms with Crippen LogP contribution < -0.4 is 29.9 Å². The number of benzene rings is 2. The Morgan fingerprint density at radius 2 is 1.67 bits per heavy atom. The van der Waals surface area contributed by atoms with Crippen molar-refractivity contribution in [1.29, 1.82) is 5.26 Å². The summed E-state index contributed by atoms with van der Waals surface area (Å²) in [7, 11) is 1.32. The fourth-order valence-electron chi connectivity index (χ4n) is 8.33. The lowest BCUT2D eigenvalue weighted by Gasteiger charge is -2.35. The number of hydrogen-bond donors (Lipinski definition) is 2. The molecule has 2 fully saturated rings. The Kier molecular flexibility index (Phi) is 18.0. The van der Waals surface area contributed by atoms with Gasteiger partial charge < -0.3 is 34.5 Å². The molecule has 2 aromatic heterocycles. The van der Waals surface area contributed by atoms with Gasteiger partial charge in [-0.2, -0.15) is 23.4 Å². The summed E-state index contributed by atoms with van der Waals surface area (Å²) in [5.74, 6) is -3.48. The number of amides is 4. The number of halogens is 4. The predicted molar refractivity (Wildman–Crippen MR) is 265 cm³/mol. The molecule has 2 aliphatic heterocycles. The van der Waals surface area contributed by atoms with Gasteiger partial charge >= 0.3 is 6.18 Å². The maximum atomic E-state index is 15.5. The molecule has 72 heavy (non-hydrogen) atoms. The number of nitrogens with zero attached hydrogens (tertiary/aromatic N) is 6. The minimum atomic E-state index is -5.22. The smallest absolute Gasteiger partial charge is 0.420 e. The Morgan fingerprint density at radius 3 is 2.32 bits per heavy atom. The molecule has 0 spiro atoms. The number of likely N-dealkylation sites (tertiary alicyclic amines) is 1. The molecule has 2 saturated heterocycles. The first-order valence-electron chi connectivity index (χ1n) is 23.3. The van der Waals surface area contributed by atoms with Crippen LogP contribution in [0.5, 0.6) is 11.8 Å². The summed E-state index contributed by atoms with van der Waals surface area (Å²) in [6.45, 7) is 12.2. The van der Waals surface area contributed by atoms with E-state index in [0.717, 1.165) is 33.8 Å². The van der Waals surface area contributed by atoms with Gasteiger partial charge in [0.15, 0.2) is 10.9 Å². The third kappa shape index (κ3) is 12.7. The van der Waals surface area contributed by atoms with Crippen LogP contribution in [0, 0.1) is 29.5 Å². The van der Waals surface area contributed by atoms with Gasteiger partial charge in [-0.1, -0.05) is 45.0 Å². The number of aromatic nitrogens is 2. The average molecular weight is 1040 g/mol.